The Labute approximate surface area is 115 Å². The molecular weight excluding hydrogens is 258 g/mol. The minimum Gasteiger partial charge on any atom is -0.481 e. The summed E-state index contributed by atoms with van der Waals surface area (Å²) in [6, 6.07) is 8.73. The molecule has 2 N–H and O–H groups in total. The summed E-state index contributed by atoms with van der Waals surface area (Å²) in [6.45, 7) is 0. The van der Waals surface area contributed by atoms with Gasteiger partial charge in [-0.25, -0.2) is 0 Å². The minimum atomic E-state index is -0.850. The van der Waals surface area contributed by atoms with Gasteiger partial charge < -0.3 is 14.8 Å². The fourth-order valence-corrected chi connectivity index (χ4v) is 2.76. The monoisotopic (exact) mass is 273 g/mol. The lowest BCUT2D eigenvalue weighted by Crippen LogP contribution is -2.40. The van der Waals surface area contributed by atoms with Crippen molar-refractivity contribution in [3.63, 3.8) is 0 Å². The predicted molar refractivity (Wildman–Crippen MR) is 72.4 cm³/mol. The van der Waals surface area contributed by atoms with Crippen LogP contribution in [0.5, 0.6) is 0 Å². The number of hydrogen-bond donors (Lipinski definition) is 2. The first-order chi connectivity index (χ1) is 9.65. The van der Waals surface area contributed by atoms with Gasteiger partial charge in [-0.05, 0) is 25.0 Å². The SMILES string of the molecule is O=C(NC1CCCC1C(=O)O)c1cc2ccccc2o1. The third-order valence-electron chi connectivity index (χ3n) is 3.80. The number of amides is 1. The number of carboxylic acid groups (broad SMARTS) is 1. The van der Waals surface area contributed by atoms with Crippen molar-refractivity contribution in [3.8, 4) is 0 Å². The van der Waals surface area contributed by atoms with E-state index in [0.717, 1.165) is 11.8 Å². The summed E-state index contributed by atoms with van der Waals surface area (Å²) in [5.41, 5.74) is 0.652. The van der Waals surface area contributed by atoms with Gasteiger partial charge in [0.1, 0.15) is 5.58 Å². The molecule has 1 aromatic carbocycles. The van der Waals surface area contributed by atoms with Crippen molar-refractivity contribution in [1.82, 2.24) is 5.32 Å². The van der Waals surface area contributed by atoms with Crippen LogP contribution >= 0.6 is 0 Å². The minimum absolute atomic E-state index is 0.224. The van der Waals surface area contributed by atoms with E-state index in [-0.39, 0.29) is 17.7 Å². The number of nitrogens with one attached hydrogen (secondary N) is 1. The highest BCUT2D eigenvalue weighted by Crippen LogP contribution is 2.26. The van der Waals surface area contributed by atoms with E-state index < -0.39 is 11.9 Å². The molecule has 3 rings (SSSR count). The molecule has 1 amide bonds. The van der Waals surface area contributed by atoms with E-state index in [4.69, 9.17) is 9.52 Å². The van der Waals surface area contributed by atoms with Crippen LogP contribution in [0.1, 0.15) is 29.8 Å². The van der Waals surface area contributed by atoms with Crippen LogP contribution in [0.4, 0.5) is 0 Å². The van der Waals surface area contributed by atoms with Crippen LogP contribution in [-0.4, -0.2) is 23.0 Å². The van der Waals surface area contributed by atoms with Crippen molar-refractivity contribution in [1.29, 1.82) is 0 Å². The Morgan fingerprint density at radius 2 is 2.05 bits per heavy atom. The molecule has 20 heavy (non-hydrogen) atoms. The van der Waals surface area contributed by atoms with Gasteiger partial charge in [0.15, 0.2) is 5.76 Å². The van der Waals surface area contributed by atoms with Gasteiger partial charge in [-0.3, -0.25) is 9.59 Å². The molecule has 0 spiro atoms. The summed E-state index contributed by atoms with van der Waals surface area (Å²) in [7, 11) is 0. The van der Waals surface area contributed by atoms with Gasteiger partial charge in [-0.2, -0.15) is 0 Å². The first-order valence-electron chi connectivity index (χ1n) is 6.67. The van der Waals surface area contributed by atoms with Crippen molar-refractivity contribution in [3.05, 3.63) is 36.1 Å². The molecule has 5 heteroatoms. The fraction of sp³-hybridized carbons (Fsp3) is 0.333. The number of furan rings is 1. The van der Waals surface area contributed by atoms with Crippen molar-refractivity contribution < 1.29 is 19.1 Å². The van der Waals surface area contributed by atoms with E-state index >= 15 is 0 Å². The Kier molecular flexibility index (Phi) is 3.18. The zero-order valence-corrected chi connectivity index (χ0v) is 10.8. The van der Waals surface area contributed by atoms with Gasteiger partial charge in [-0.15, -0.1) is 0 Å². The smallest absolute Gasteiger partial charge is 0.308 e. The Morgan fingerprint density at radius 3 is 2.80 bits per heavy atom. The number of carbonyl (C=O) groups excluding carboxylic acids is 1. The van der Waals surface area contributed by atoms with Gasteiger partial charge in [0.25, 0.3) is 5.91 Å². The third-order valence-corrected chi connectivity index (χ3v) is 3.80. The lowest BCUT2D eigenvalue weighted by Gasteiger charge is -2.16. The Hall–Kier alpha value is -2.30. The van der Waals surface area contributed by atoms with Gasteiger partial charge in [0.05, 0.1) is 5.92 Å². The average Bonchev–Trinajstić information content (AvgIpc) is 3.03. The fourth-order valence-electron chi connectivity index (χ4n) is 2.76. The highest BCUT2D eigenvalue weighted by atomic mass is 16.4. The number of carbonyl (C=O) groups is 2. The first kappa shape index (κ1) is 12.7. The molecule has 1 aliphatic rings. The number of aliphatic carboxylic acids is 1. The van der Waals surface area contributed by atoms with Crippen LogP contribution in [0.3, 0.4) is 0 Å². The maximum Gasteiger partial charge on any atom is 0.308 e. The molecule has 1 aromatic heterocycles. The van der Waals surface area contributed by atoms with E-state index in [0.29, 0.717) is 18.4 Å². The molecule has 2 aromatic rings. The molecule has 0 radical (unpaired) electrons. The Balaban J connectivity index is 1.77. The van der Waals surface area contributed by atoms with Crippen molar-refractivity contribution in [2.24, 2.45) is 5.92 Å². The van der Waals surface area contributed by atoms with E-state index in [2.05, 4.69) is 5.32 Å². The van der Waals surface area contributed by atoms with Crippen LogP contribution in [-0.2, 0) is 4.79 Å². The normalized spacial score (nSPS) is 22.0. The molecule has 1 aliphatic carbocycles. The van der Waals surface area contributed by atoms with E-state index in [1.54, 1.807) is 12.1 Å². The number of hydrogen-bond acceptors (Lipinski definition) is 3. The molecule has 2 unspecified atom stereocenters. The molecule has 1 heterocycles. The van der Waals surface area contributed by atoms with Gasteiger partial charge >= 0.3 is 5.97 Å². The van der Waals surface area contributed by atoms with Crippen LogP contribution in [0.25, 0.3) is 11.0 Å². The summed E-state index contributed by atoms with van der Waals surface area (Å²) in [5, 5.41) is 12.7. The van der Waals surface area contributed by atoms with E-state index in [1.165, 1.54) is 0 Å². The van der Waals surface area contributed by atoms with Gasteiger partial charge in [0.2, 0.25) is 0 Å². The Morgan fingerprint density at radius 1 is 1.25 bits per heavy atom. The molecule has 2 atom stereocenters. The second-order valence-corrected chi connectivity index (χ2v) is 5.10. The molecular formula is C15H15NO4. The lowest BCUT2D eigenvalue weighted by molar-refractivity contribution is -0.142. The zero-order valence-electron chi connectivity index (χ0n) is 10.8. The van der Waals surface area contributed by atoms with Crippen LogP contribution in [0.15, 0.2) is 34.7 Å². The lowest BCUT2D eigenvalue weighted by atomic mass is 10.0. The summed E-state index contributed by atoms with van der Waals surface area (Å²) < 4.78 is 5.48. The molecule has 0 bridgehead atoms. The average molecular weight is 273 g/mol. The summed E-state index contributed by atoms with van der Waals surface area (Å²) in [4.78, 5) is 23.2. The second-order valence-electron chi connectivity index (χ2n) is 5.10. The molecule has 1 fully saturated rings. The molecule has 1 saturated carbocycles. The number of fused-ring (bicyclic) bond motifs is 1. The summed E-state index contributed by atoms with van der Waals surface area (Å²) in [5.74, 6) is -1.47. The second kappa shape index (κ2) is 5.00. The third kappa shape index (κ3) is 2.27. The van der Waals surface area contributed by atoms with Crippen LogP contribution in [0.2, 0.25) is 0 Å². The largest absolute Gasteiger partial charge is 0.481 e. The van der Waals surface area contributed by atoms with Gasteiger partial charge in [-0.1, -0.05) is 24.6 Å². The molecule has 0 saturated heterocycles. The predicted octanol–water partition coefficient (Wildman–Crippen LogP) is 2.42. The first-order valence-corrected chi connectivity index (χ1v) is 6.67. The molecule has 5 nitrogen and oxygen atoms in total. The highest BCUT2D eigenvalue weighted by Gasteiger charge is 2.34. The highest BCUT2D eigenvalue weighted by molar-refractivity contribution is 5.96. The number of carboxylic acids is 1. The summed E-state index contributed by atoms with van der Waals surface area (Å²) in [6.07, 6.45) is 2.13. The van der Waals surface area contributed by atoms with Crippen LogP contribution < -0.4 is 5.32 Å². The number of benzene rings is 1. The van der Waals surface area contributed by atoms with Crippen molar-refractivity contribution in [2.75, 3.05) is 0 Å². The quantitative estimate of drug-likeness (QED) is 0.900. The molecule has 0 aliphatic heterocycles. The maximum atomic E-state index is 12.1. The topological polar surface area (TPSA) is 79.5 Å². The Bertz CT molecular complexity index is 628. The van der Waals surface area contributed by atoms with E-state index in [9.17, 15) is 9.59 Å². The molecule has 104 valence electrons. The number of rotatable bonds is 3. The van der Waals surface area contributed by atoms with Crippen molar-refractivity contribution >= 4 is 22.8 Å². The van der Waals surface area contributed by atoms with E-state index in [1.807, 2.05) is 18.2 Å². The van der Waals surface area contributed by atoms with Gasteiger partial charge in [0, 0.05) is 11.4 Å². The number of para-hydroxylation sites is 1. The summed E-state index contributed by atoms with van der Waals surface area (Å²) >= 11 is 0. The zero-order chi connectivity index (χ0) is 14.1. The van der Waals surface area contributed by atoms with Crippen molar-refractivity contribution in [2.45, 2.75) is 25.3 Å². The van der Waals surface area contributed by atoms with Crippen LogP contribution in [0, 0.1) is 5.92 Å². The maximum absolute atomic E-state index is 12.1. The standard InChI is InChI=1S/C15H15NO4/c17-14(16-11-6-3-5-10(11)15(18)19)13-8-9-4-1-2-7-12(9)20-13/h1-2,4,7-8,10-11H,3,5-6H2,(H,16,17)(H,18,19).